The highest BCUT2D eigenvalue weighted by Crippen LogP contribution is 2.64. The first-order chi connectivity index (χ1) is 43.7. The molecule has 1 spiro atoms. The van der Waals surface area contributed by atoms with Crippen LogP contribution in [0.15, 0.2) is 258 Å². The monoisotopic (exact) mass is 1200 g/mol. The van der Waals surface area contributed by atoms with Crippen LogP contribution in [0.5, 0.6) is 0 Å². The predicted molar refractivity (Wildman–Crippen MR) is 376 cm³/mol. The van der Waals surface area contributed by atoms with E-state index in [-0.39, 0.29) is 11.2 Å². The Labute approximate surface area is 520 Å². The van der Waals surface area contributed by atoms with Gasteiger partial charge in [0.25, 0.3) is 0 Å². The lowest BCUT2D eigenvalue weighted by Crippen LogP contribution is -2.37. The molecular formula is C81H59F2N3O2Si2. The summed E-state index contributed by atoms with van der Waals surface area (Å²) in [7, 11) is -3.48. The average molecular weight is 1200 g/mol. The number of furan rings is 2. The van der Waals surface area contributed by atoms with Crippen molar-refractivity contribution in [3.05, 3.63) is 283 Å². The van der Waals surface area contributed by atoms with E-state index in [2.05, 4.69) is 248 Å². The Bertz CT molecular complexity index is 5660. The molecular weight excluding hydrogens is 1140 g/mol. The molecule has 1 aliphatic heterocycles. The van der Waals surface area contributed by atoms with Gasteiger partial charge in [0, 0.05) is 55.1 Å². The van der Waals surface area contributed by atoms with Gasteiger partial charge in [-0.1, -0.05) is 213 Å². The Kier molecular flexibility index (Phi) is 11.1. The van der Waals surface area contributed by atoms with E-state index in [9.17, 15) is 0 Å². The lowest BCUT2D eigenvalue weighted by atomic mass is 9.65. The average Bonchev–Trinajstić information content (AvgIpc) is 1.46. The van der Waals surface area contributed by atoms with Crippen LogP contribution in [-0.2, 0) is 5.41 Å². The molecule has 0 saturated heterocycles. The van der Waals surface area contributed by atoms with Crippen LogP contribution in [-0.4, -0.2) is 20.7 Å². The number of hydrogen-bond acceptors (Lipinski definition) is 4. The van der Waals surface area contributed by atoms with Crippen LogP contribution in [0, 0.1) is 11.6 Å². The van der Waals surface area contributed by atoms with E-state index in [1.807, 2.05) is 30.3 Å². The minimum absolute atomic E-state index is 0.229. The first-order valence-corrected chi connectivity index (χ1v) is 38.0. The highest BCUT2D eigenvalue weighted by atomic mass is 28.3. The first-order valence-electron chi connectivity index (χ1n) is 31.0. The van der Waals surface area contributed by atoms with Gasteiger partial charge in [-0.25, -0.2) is 8.78 Å². The van der Waals surface area contributed by atoms with Crippen LogP contribution in [0.1, 0.15) is 22.3 Å². The smallest absolute Gasteiger partial charge is 0.171 e. The predicted octanol–water partition coefficient (Wildman–Crippen LogP) is 21.9. The van der Waals surface area contributed by atoms with Gasteiger partial charge in [0.2, 0.25) is 0 Å². The molecule has 3 aromatic heterocycles. The van der Waals surface area contributed by atoms with E-state index in [0.717, 1.165) is 88.7 Å². The van der Waals surface area contributed by atoms with Gasteiger partial charge in [-0.3, -0.25) is 0 Å². The standard InChI is InChI=1S/C81H59F2N3O2Si2/c1-89(2,3)54-38-33-50(34-39-54)84(72-29-15-23-60-58-21-13-26-68(82)77(58)87-79(60)72)52-37-44-70-62(45-52)63-46-53(85(51-35-40-55(41-36-51)90(4,5)6)73-30-16-24-61-59-22-14-27-69(83)78(59)88-80(61)73)47-67-76(63)86(70)71-28-12-11-25-64(71)81(67)65-42-31-48-17-7-9-19-56(48)74(65)75-57-20-10-8-18-49(57)32-43-66(75)81/h7-47H,1-6H3. The second kappa shape index (κ2) is 18.9. The molecule has 0 atom stereocenters. The number of nitrogens with zero attached hydrogens (tertiary/aromatic N) is 3. The molecule has 1 aliphatic carbocycles. The molecule has 0 saturated carbocycles. The van der Waals surface area contributed by atoms with Gasteiger partial charge in [0.15, 0.2) is 34.0 Å². The summed E-state index contributed by atoms with van der Waals surface area (Å²) in [6, 6.07) is 88.8. The Morgan fingerprint density at radius 3 is 1.32 bits per heavy atom. The molecule has 432 valence electrons. The van der Waals surface area contributed by atoms with Gasteiger partial charge in [0.1, 0.15) is 0 Å². The van der Waals surface area contributed by atoms with Crippen molar-refractivity contribution in [2.24, 2.45) is 0 Å². The second-order valence-corrected chi connectivity index (χ2v) is 36.8. The molecule has 16 aromatic rings. The molecule has 4 heterocycles. The van der Waals surface area contributed by atoms with Crippen molar-refractivity contribution in [1.82, 2.24) is 4.57 Å². The molecule has 0 amide bonds. The molecule has 0 N–H and O–H groups in total. The van der Waals surface area contributed by atoms with Gasteiger partial charge in [-0.05, 0) is 140 Å². The van der Waals surface area contributed by atoms with Crippen molar-refractivity contribution < 1.29 is 17.6 Å². The van der Waals surface area contributed by atoms with E-state index < -0.39 is 33.2 Å². The van der Waals surface area contributed by atoms with Crippen molar-refractivity contribution in [2.45, 2.75) is 44.7 Å². The summed E-state index contributed by atoms with van der Waals surface area (Å²) in [5, 5.41) is 12.7. The SMILES string of the molecule is C[Si](C)(C)c1ccc(N(c2ccc3c(c2)c2cc(N(c4ccc([Si](C)(C)C)cc4)c4cccc5c4oc4c(F)cccc45)cc4c2n3-c2ccccc2C42c3ccc4ccccc4c3-c3c2ccc2ccccc32)c2cccc3c2oc2c(F)cccc23)cc1. The molecule has 0 bridgehead atoms. The Morgan fingerprint density at radius 2 is 0.789 bits per heavy atom. The molecule has 2 aliphatic rings. The minimum Gasteiger partial charge on any atom is -0.451 e. The number of benzene rings is 13. The molecule has 0 fully saturated rings. The fraction of sp³-hybridized carbons (Fsp3) is 0.0864. The van der Waals surface area contributed by atoms with Crippen molar-refractivity contribution in [1.29, 1.82) is 0 Å². The summed E-state index contributed by atoms with van der Waals surface area (Å²) in [4.78, 5) is 4.63. The minimum atomic E-state index is -1.76. The van der Waals surface area contributed by atoms with Crippen molar-refractivity contribution in [2.75, 3.05) is 9.80 Å². The second-order valence-electron chi connectivity index (χ2n) is 26.6. The molecule has 9 heteroatoms. The quantitative estimate of drug-likeness (QED) is 0.142. The molecule has 0 unspecified atom stereocenters. The van der Waals surface area contributed by atoms with E-state index in [4.69, 9.17) is 8.83 Å². The summed E-state index contributed by atoms with van der Waals surface area (Å²) in [6.45, 7) is 14.3. The molecule has 5 nitrogen and oxygen atoms in total. The lowest BCUT2D eigenvalue weighted by molar-refractivity contribution is 0.584. The van der Waals surface area contributed by atoms with Crippen LogP contribution < -0.4 is 20.2 Å². The maximum absolute atomic E-state index is 16.1. The van der Waals surface area contributed by atoms with Crippen LogP contribution in [0.2, 0.25) is 39.3 Å². The Balaban J connectivity index is 1.00. The molecule has 0 radical (unpaired) electrons. The number of rotatable bonds is 8. The highest BCUT2D eigenvalue weighted by molar-refractivity contribution is 6.89. The van der Waals surface area contributed by atoms with Gasteiger partial charge < -0.3 is 23.2 Å². The van der Waals surface area contributed by atoms with Crippen LogP contribution in [0.4, 0.5) is 42.9 Å². The summed E-state index contributed by atoms with van der Waals surface area (Å²) < 4.78 is 48.0. The molecule has 90 heavy (non-hydrogen) atoms. The lowest BCUT2D eigenvalue weighted by Gasteiger charge is -2.40. The topological polar surface area (TPSA) is 37.7 Å². The third-order valence-corrected chi connectivity index (χ3v) is 23.7. The van der Waals surface area contributed by atoms with Crippen LogP contribution in [0.25, 0.3) is 104 Å². The molecule has 18 rings (SSSR count). The number of aromatic nitrogens is 1. The fourth-order valence-corrected chi connectivity index (χ4v) is 17.8. The summed E-state index contributed by atoms with van der Waals surface area (Å²) in [5.41, 5.74) is 16.6. The Morgan fingerprint density at radius 1 is 0.344 bits per heavy atom. The third kappa shape index (κ3) is 7.33. The number of halogens is 2. The van der Waals surface area contributed by atoms with Gasteiger partial charge in [-0.15, -0.1) is 0 Å². The number of anilines is 6. The van der Waals surface area contributed by atoms with E-state index in [0.29, 0.717) is 11.2 Å². The zero-order valence-corrected chi connectivity index (χ0v) is 52.6. The summed E-state index contributed by atoms with van der Waals surface area (Å²) >= 11 is 0. The fourth-order valence-electron chi connectivity index (χ4n) is 15.5. The largest absolute Gasteiger partial charge is 0.451 e. The summed E-state index contributed by atoms with van der Waals surface area (Å²) in [6.07, 6.45) is 0. The number of para-hydroxylation sites is 5. The number of hydrogen-bond donors (Lipinski definition) is 0. The number of fused-ring (bicyclic) bond motifs is 22. The van der Waals surface area contributed by atoms with Crippen LogP contribution in [0.3, 0.4) is 0 Å². The van der Waals surface area contributed by atoms with Crippen LogP contribution >= 0.6 is 0 Å². The van der Waals surface area contributed by atoms with Crippen molar-refractivity contribution in [3.8, 4) is 16.8 Å². The zero-order chi connectivity index (χ0) is 60.7. The normalized spacial score (nSPS) is 13.4. The summed E-state index contributed by atoms with van der Waals surface area (Å²) in [5.74, 6) is -0.803. The Hall–Kier alpha value is -10.3. The van der Waals surface area contributed by atoms with E-state index in [1.165, 1.54) is 71.9 Å². The maximum atomic E-state index is 16.1. The van der Waals surface area contributed by atoms with E-state index >= 15 is 8.78 Å². The maximum Gasteiger partial charge on any atom is 0.171 e. The van der Waals surface area contributed by atoms with Gasteiger partial charge >= 0.3 is 0 Å². The first kappa shape index (κ1) is 52.8. The highest BCUT2D eigenvalue weighted by Gasteiger charge is 2.52. The van der Waals surface area contributed by atoms with Crippen molar-refractivity contribution >= 4 is 148 Å². The zero-order valence-electron chi connectivity index (χ0n) is 50.6. The van der Waals surface area contributed by atoms with Crippen molar-refractivity contribution in [3.63, 3.8) is 0 Å². The molecule has 13 aromatic carbocycles. The van der Waals surface area contributed by atoms with E-state index in [1.54, 1.807) is 12.1 Å². The van der Waals surface area contributed by atoms with Gasteiger partial charge in [0.05, 0.1) is 49.7 Å². The van der Waals surface area contributed by atoms with Gasteiger partial charge in [-0.2, -0.15) is 0 Å². The third-order valence-electron chi connectivity index (χ3n) is 19.6.